The first-order valence-corrected chi connectivity index (χ1v) is 10.5. The molecule has 3 N–H and O–H groups in total. The van der Waals surface area contributed by atoms with Crippen LogP contribution in [-0.4, -0.2) is 28.7 Å². The number of aryl methyl sites for hydroxylation is 1. The van der Waals surface area contributed by atoms with Crippen LogP contribution < -0.4 is 15.4 Å². The van der Waals surface area contributed by atoms with Gasteiger partial charge in [0.2, 0.25) is 0 Å². The van der Waals surface area contributed by atoms with Crippen LogP contribution in [-0.2, 0) is 4.79 Å². The predicted octanol–water partition coefficient (Wildman–Crippen LogP) is 4.71. The highest BCUT2D eigenvalue weighted by atomic mass is 127. The van der Waals surface area contributed by atoms with Gasteiger partial charge in [0.25, 0.3) is 5.91 Å². The van der Waals surface area contributed by atoms with E-state index in [-0.39, 0.29) is 17.3 Å². The summed E-state index contributed by atoms with van der Waals surface area (Å²) in [4.78, 5) is 23.4. The van der Waals surface area contributed by atoms with Gasteiger partial charge in [-0.15, -0.1) is 0 Å². The highest BCUT2D eigenvalue weighted by Gasteiger charge is 2.14. The molecule has 2 aromatic carbocycles. The fourth-order valence-corrected chi connectivity index (χ4v) is 4.40. The average Bonchev–Trinajstić information content (AvgIpc) is 2.55. The first kappa shape index (κ1) is 22.1. The fraction of sp³-hybridized carbons (Fsp3) is 0.118. The van der Waals surface area contributed by atoms with Crippen LogP contribution in [0, 0.1) is 10.5 Å². The molecule has 0 aliphatic heterocycles. The second kappa shape index (κ2) is 9.80. The van der Waals surface area contributed by atoms with Crippen LogP contribution in [0.3, 0.4) is 0 Å². The van der Waals surface area contributed by atoms with Gasteiger partial charge in [-0.1, -0.05) is 15.9 Å². The molecule has 0 bridgehead atoms. The molecule has 0 heterocycles. The Balaban J connectivity index is 1.97. The number of anilines is 1. The van der Waals surface area contributed by atoms with E-state index in [1.165, 1.54) is 6.07 Å². The number of rotatable bonds is 5. The molecular formula is C17H13Br2IN2O4S. The molecule has 142 valence electrons. The Morgan fingerprint density at radius 1 is 1.26 bits per heavy atom. The maximum absolute atomic E-state index is 12.1. The lowest BCUT2D eigenvalue weighted by atomic mass is 10.2. The molecule has 1 amide bonds. The molecule has 2 aromatic rings. The van der Waals surface area contributed by atoms with Gasteiger partial charge in [0.05, 0.1) is 15.7 Å². The van der Waals surface area contributed by atoms with Gasteiger partial charge in [0.1, 0.15) is 5.75 Å². The summed E-state index contributed by atoms with van der Waals surface area (Å²) in [5.74, 6) is -1.01. The van der Waals surface area contributed by atoms with Gasteiger partial charge in [0.15, 0.2) is 11.7 Å². The first-order valence-electron chi connectivity index (χ1n) is 7.39. The van der Waals surface area contributed by atoms with Crippen LogP contribution in [0.4, 0.5) is 5.69 Å². The first-order chi connectivity index (χ1) is 12.7. The summed E-state index contributed by atoms with van der Waals surface area (Å²) in [5, 5.41) is 14.4. The lowest BCUT2D eigenvalue weighted by Crippen LogP contribution is -2.37. The van der Waals surface area contributed by atoms with E-state index in [4.69, 9.17) is 17.0 Å². The molecule has 0 aromatic heterocycles. The monoisotopic (exact) mass is 626 g/mol. The summed E-state index contributed by atoms with van der Waals surface area (Å²) in [5.41, 5.74) is 1.21. The number of hydrogen-bond acceptors (Lipinski definition) is 4. The van der Waals surface area contributed by atoms with Gasteiger partial charge < -0.3 is 15.2 Å². The van der Waals surface area contributed by atoms with Crippen molar-refractivity contribution in [3.05, 3.63) is 54.0 Å². The van der Waals surface area contributed by atoms with E-state index in [1.807, 2.05) is 41.6 Å². The van der Waals surface area contributed by atoms with E-state index in [0.29, 0.717) is 15.9 Å². The Bertz CT molecular complexity index is 901. The van der Waals surface area contributed by atoms with Gasteiger partial charge in [-0.25, -0.2) is 4.79 Å². The van der Waals surface area contributed by atoms with Gasteiger partial charge in [-0.2, -0.15) is 0 Å². The molecule has 10 heteroatoms. The number of aromatic carboxylic acids is 1. The van der Waals surface area contributed by atoms with Crippen molar-refractivity contribution in [2.75, 3.05) is 11.9 Å². The van der Waals surface area contributed by atoms with Crippen LogP contribution in [0.15, 0.2) is 39.3 Å². The van der Waals surface area contributed by atoms with Crippen molar-refractivity contribution in [3.63, 3.8) is 0 Å². The fourth-order valence-electron chi connectivity index (χ4n) is 2.13. The van der Waals surface area contributed by atoms with Gasteiger partial charge in [-0.05, 0) is 93.6 Å². The molecule has 0 unspecified atom stereocenters. The number of ether oxygens (including phenoxy) is 1. The highest BCUT2D eigenvalue weighted by Crippen LogP contribution is 2.32. The van der Waals surface area contributed by atoms with Crippen molar-refractivity contribution in [1.29, 1.82) is 0 Å². The third-order valence-corrected chi connectivity index (χ3v) is 5.18. The second-order valence-corrected chi connectivity index (χ2v) is 8.74. The summed E-state index contributed by atoms with van der Waals surface area (Å²) in [7, 11) is 0. The van der Waals surface area contributed by atoms with Gasteiger partial charge >= 0.3 is 5.97 Å². The summed E-state index contributed by atoms with van der Waals surface area (Å²) >= 11 is 13.9. The summed E-state index contributed by atoms with van der Waals surface area (Å²) < 4.78 is 7.93. The number of nitrogens with one attached hydrogen (secondary N) is 2. The van der Waals surface area contributed by atoms with Crippen molar-refractivity contribution in [2.45, 2.75) is 6.92 Å². The summed E-state index contributed by atoms with van der Waals surface area (Å²) in [6.07, 6.45) is 0. The van der Waals surface area contributed by atoms with Crippen molar-refractivity contribution in [1.82, 2.24) is 5.32 Å². The zero-order chi connectivity index (χ0) is 20.1. The average molecular weight is 628 g/mol. The van der Waals surface area contributed by atoms with Crippen molar-refractivity contribution in [2.24, 2.45) is 0 Å². The van der Waals surface area contributed by atoms with E-state index < -0.39 is 11.9 Å². The van der Waals surface area contributed by atoms with Crippen molar-refractivity contribution >= 4 is 89.3 Å². The zero-order valence-corrected chi connectivity index (χ0v) is 20.0. The molecule has 0 aliphatic carbocycles. The Morgan fingerprint density at radius 3 is 2.59 bits per heavy atom. The van der Waals surface area contributed by atoms with E-state index in [9.17, 15) is 14.7 Å². The molecule has 0 atom stereocenters. The van der Waals surface area contributed by atoms with Gasteiger partial charge in [0, 0.05) is 8.04 Å². The largest absolute Gasteiger partial charge is 0.482 e. The minimum Gasteiger partial charge on any atom is -0.482 e. The predicted molar refractivity (Wildman–Crippen MR) is 123 cm³/mol. The Morgan fingerprint density at radius 2 is 1.96 bits per heavy atom. The van der Waals surface area contributed by atoms with E-state index in [2.05, 4.69) is 42.5 Å². The van der Waals surface area contributed by atoms with E-state index in [1.54, 1.807) is 12.1 Å². The molecule has 0 spiro atoms. The maximum atomic E-state index is 12.1. The third kappa shape index (κ3) is 6.40. The normalized spacial score (nSPS) is 10.2. The van der Waals surface area contributed by atoms with Crippen LogP contribution >= 0.6 is 66.7 Å². The Labute approximate surface area is 191 Å². The number of carboxylic acids is 1. The standard InChI is InChI=1S/C17H13Br2IN2O4S/c1-8-4-9(18)5-12(19)15(8)26-7-14(23)22-17(27)21-13-3-2-10(20)6-11(13)16(24)25/h2-6H,7H2,1H3,(H,24,25)(H2,21,22,23,27). The molecule has 0 radical (unpaired) electrons. The summed E-state index contributed by atoms with van der Waals surface area (Å²) in [6.45, 7) is 1.61. The number of amides is 1. The molecule has 0 fully saturated rings. The molecule has 6 nitrogen and oxygen atoms in total. The number of carbonyl (C=O) groups is 2. The molecule has 0 saturated heterocycles. The molecule has 0 aliphatic rings. The Kier molecular flexibility index (Phi) is 8.01. The zero-order valence-electron chi connectivity index (χ0n) is 13.8. The maximum Gasteiger partial charge on any atom is 0.337 e. The van der Waals surface area contributed by atoms with Crippen LogP contribution in [0.2, 0.25) is 0 Å². The Hall–Kier alpha value is -1.24. The molecule has 0 saturated carbocycles. The molecule has 27 heavy (non-hydrogen) atoms. The highest BCUT2D eigenvalue weighted by molar-refractivity contribution is 14.1. The molecular weight excluding hydrogens is 615 g/mol. The van der Waals surface area contributed by atoms with E-state index >= 15 is 0 Å². The van der Waals surface area contributed by atoms with Crippen LogP contribution in [0.25, 0.3) is 0 Å². The SMILES string of the molecule is Cc1cc(Br)cc(Br)c1OCC(=O)NC(=S)Nc1ccc(I)cc1C(=O)O. The topological polar surface area (TPSA) is 87.7 Å². The number of carbonyl (C=O) groups excluding carboxylic acids is 1. The number of carboxylic acid groups (broad SMARTS) is 1. The quantitative estimate of drug-likeness (QED) is 0.329. The lowest BCUT2D eigenvalue weighted by Gasteiger charge is -2.14. The number of halogens is 3. The third-order valence-electron chi connectivity index (χ3n) is 3.25. The summed E-state index contributed by atoms with van der Waals surface area (Å²) in [6, 6.07) is 8.51. The minimum absolute atomic E-state index is 0.0149. The number of benzene rings is 2. The van der Waals surface area contributed by atoms with Crippen molar-refractivity contribution < 1.29 is 19.4 Å². The number of hydrogen-bond donors (Lipinski definition) is 3. The van der Waals surface area contributed by atoms with Crippen molar-refractivity contribution in [3.8, 4) is 5.75 Å². The van der Waals surface area contributed by atoms with Crippen LogP contribution in [0.1, 0.15) is 15.9 Å². The van der Waals surface area contributed by atoms with Crippen LogP contribution in [0.5, 0.6) is 5.75 Å². The minimum atomic E-state index is -1.09. The number of thiocarbonyl (C=S) groups is 1. The second-order valence-electron chi connectivity index (χ2n) is 5.32. The lowest BCUT2D eigenvalue weighted by molar-refractivity contribution is -0.121. The smallest absolute Gasteiger partial charge is 0.337 e. The van der Waals surface area contributed by atoms with E-state index in [0.717, 1.165) is 13.6 Å². The molecule has 2 rings (SSSR count). The van der Waals surface area contributed by atoms with Gasteiger partial charge in [-0.3, -0.25) is 10.1 Å².